The topological polar surface area (TPSA) is 25.8 Å². The molecule has 0 spiro atoms. The highest BCUT2D eigenvalue weighted by atomic mass is 35.5. The van der Waals surface area contributed by atoms with Crippen LogP contribution in [0, 0.1) is 0 Å². The van der Waals surface area contributed by atoms with E-state index in [4.69, 9.17) is 11.6 Å². The van der Waals surface area contributed by atoms with E-state index in [2.05, 4.69) is 9.97 Å². The van der Waals surface area contributed by atoms with E-state index >= 15 is 0 Å². The van der Waals surface area contributed by atoms with Crippen LogP contribution in [0.5, 0.6) is 0 Å². The summed E-state index contributed by atoms with van der Waals surface area (Å²) in [6, 6.07) is 9.26. The Kier molecular flexibility index (Phi) is 2.23. The summed E-state index contributed by atoms with van der Waals surface area (Å²) in [6.45, 7) is 0. The first-order chi connectivity index (χ1) is 6.38. The lowest BCUT2D eigenvalue weighted by Crippen LogP contribution is -1.86. The fraction of sp³-hybridized carbons (Fsp3) is 0. The summed E-state index contributed by atoms with van der Waals surface area (Å²) in [5, 5.41) is 0.626. The standard InChI is InChI=1S/C10H7ClN2/c11-8-4-3-7-13-10(8)9-5-1-2-6-12-9/h1-7H. The number of hydrogen-bond donors (Lipinski definition) is 0. The Hall–Kier alpha value is -1.41. The SMILES string of the molecule is Clc1cccnc1-c1ccccn1. The van der Waals surface area contributed by atoms with Crippen molar-refractivity contribution in [1.29, 1.82) is 0 Å². The fourth-order valence-electron chi connectivity index (χ4n) is 1.08. The molecule has 13 heavy (non-hydrogen) atoms. The Balaban J connectivity index is 2.54. The number of nitrogens with zero attached hydrogens (tertiary/aromatic N) is 2. The van der Waals surface area contributed by atoms with Crippen LogP contribution < -0.4 is 0 Å². The van der Waals surface area contributed by atoms with Crippen molar-refractivity contribution in [1.82, 2.24) is 9.97 Å². The molecule has 2 heterocycles. The van der Waals surface area contributed by atoms with Crippen molar-refractivity contribution in [3.8, 4) is 11.4 Å². The first kappa shape index (κ1) is 8.20. The number of hydrogen-bond acceptors (Lipinski definition) is 2. The molecule has 0 N–H and O–H groups in total. The maximum absolute atomic E-state index is 5.96. The molecule has 0 aromatic carbocycles. The van der Waals surface area contributed by atoms with Gasteiger partial charge in [-0.15, -0.1) is 0 Å². The molecule has 0 atom stereocenters. The van der Waals surface area contributed by atoms with Gasteiger partial charge in [0.05, 0.1) is 10.7 Å². The predicted molar refractivity (Wildman–Crippen MR) is 52.5 cm³/mol. The quantitative estimate of drug-likeness (QED) is 0.691. The van der Waals surface area contributed by atoms with E-state index in [1.807, 2.05) is 18.2 Å². The van der Waals surface area contributed by atoms with Gasteiger partial charge >= 0.3 is 0 Å². The minimum absolute atomic E-state index is 0.626. The van der Waals surface area contributed by atoms with Gasteiger partial charge in [-0.05, 0) is 24.3 Å². The second-order valence-electron chi connectivity index (χ2n) is 2.55. The summed E-state index contributed by atoms with van der Waals surface area (Å²) in [4.78, 5) is 8.32. The third-order valence-corrected chi connectivity index (χ3v) is 1.97. The van der Waals surface area contributed by atoms with Crippen molar-refractivity contribution < 1.29 is 0 Å². The van der Waals surface area contributed by atoms with Crippen molar-refractivity contribution in [2.45, 2.75) is 0 Å². The van der Waals surface area contributed by atoms with Crippen molar-refractivity contribution in [2.24, 2.45) is 0 Å². The van der Waals surface area contributed by atoms with Gasteiger partial charge in [-0.2, -0.15) is 0 Å². The molecular formula is C10H7ClN2. The largest absolute Gasteiger partial charge is 0.255 e. The molecule has 0 saturated heterocycles. The molecular weight excluding hydrogens is 184 g/mol. The summed E-state index contributed by atoms with van der Waals surface area (Å²) >= 11 is 5.96. The molecule has 2 nitrogen and oxygen atoms in total. The maximum atomic E-state index is 5.96. The zero-order valence-electron chi connectivity index (χ0n) is 6.81. The summed E-state index contributed by atoms with van der Waals surface area (Å²) in [6.07, 6.45) is 3.43. The Morgan fingerprint density at radius 1 is 0.923 bits per heavy atom. The van der Waals surface area contributed by atoms with Crippen molar-refractivity contribution in [3.05, 3.63) is 47.7 Å². The van der Waals surface area contributed by atoms with E-state index in [9.17, 15) is 0 Å². The van der Waals surface area contributed by atoms with E-state index in [1.165, 1.54) is 0 Å². The van der Waals surface area contributed by atoms with Crippen molar-refractivity contribution >= 4 is 11.6 Å². The van der Waals surface area contributed by atoms with E-state index in [0.717, 1.165) is 11.4 Å². The van der Waals surface area contributed by atoms with Crippen LogP contribution in [0.3, 0.4) is 0 Å². The highest BCUT2D eigenvalue weighted by molar-refractivity contribution is 6.32. The van der Waals surface area contributed by atoms with Crippen LogP contribution in [0.15, 0.2) is 42.7 Å². The van der Waals surface area contributed by atoms with Gasteiger partial charge in [0.2, 0.25) is 0 Å². The van der Waals surface area contributed by atoms with Gasteiger partial charge < -0.3 is 0 Å². The molecule has 2 aromatic heterocycles. The zero-order chi connectivity index (χ0) is 9.10. The normalized spacial score (nSPS) is 9.92. The third-order valence-electron chi connectivity index (χ3n) is 1.67. The van der Waals surface area contributed by atoms with E-state index in [-0.39, 0.29) is 0 Å². The van der Waals surface area contributed by atoms with Crippen LogP contribution in [0.4, 0.5) is 0 Å². The monoisotopic (exact) mass is 190 g/mol. The number of pyridine rings is 2. The van der Waals surface area contributed by atoms with Crippen LogP contribution in [-0.2, 0) is 0 Å². The van der Waals surface area contributed by atoms with Crippen LogP contribution in [0.1, 0.15) is 0 Å². The molecule has 0 saturated carbocycles. The highest BCUT2D eigenvalue weighted by Crippen LogP contribution is 2.22. The summed E-state index contributed by atoms with van der Waals surface area (Å²) < 4.78 is 0. The predicted octanol–water partition coefficient (Wildman–Crippen LogP) is 2.80. The summed E-state index contributed by atoms with van der Waals surface area (Å²) in [5.41, 5.74) is 1.53. The van der Waals surface area contributed by atoms with Gasteiger partial charge in [-0.3, -0.25) is 9.97 Å². The Labute approximate surface area is 81.2 Å². The van der Waals surface area contributed by atoms with Gasteiger partial charge in [-0.1, -0.05) is 17.7 Å². The lowest BCUT2D eigenvalue weighted by Gasteiger charge is -2.00. The van der Waals surface area contributed by atoms with Gasteiger partial charge in [-0.25, -0.2) is 0 Å². The second-order valence-corrected chi connectivity index (χ2v) is 2.96. The van der Waals surface area contributed by atoms with Gasteiger partial charge in [0, 0.05) is 12.4 Å². The Morgan fingerprint density at radius 3 is 2.46 bits per heavy atom. The fourth-order valence-corrected chi connectivity index (χ4v) is 1.30. The molecule has 0 aliphatic rings. The zero-order valence-corrected chi connectivity index (χ0v) is 7.57. The lowest BCUT2D eigenvalue weighted by atomic mass is 10.2. The van der Waals surface area contributed by atoms with E-state index < -0.39 is 0 Å². The third kappa shape index (κ3) is 1.68. The smallest absolute Gasteiger partial charge is 0.107 e. The van der Waals surface area contributed by atoms with Crippen molar-refractivity contribution in [3.63, 3.8) is 0 Å². The minimum atomic E-state index is 0.626. The summed E-state index contributed by atoms with van der Waals surface area (Å²) in [5.74, 6) is 0. The lowest BCUT2D eigenvalue weighted by molar-refractivity contribution is 1.25. The van der Waals surface area contributed by atoms with Crippen LogP contribution >= 0.6 is 11.6 Å². The molecule has 0 aliphatic carbocycles. The Morgan fingerprint density at radius 2 is 1.77 bits per heavy atom. The minimum Gasteiger partial charge on any atom is -0.255 e. The molecule has 3 heteroatoms. The number of halogens is 1. The number of rotatable bonds is 1. The molecule has 0 bridgehead atoms. The van der Waals surface area contributed by atoms with Gasteiger partial charge in [0.1, 0.15) is 5.69 Å². The van der Waals surface area contributed by atoms with E-state index in [0.29, 0.717) is 5.02 Å². The molecule has 2 rings (SSSR count). The first-order valence-electron chi connectivity index (χ1n) is 3.90. The summed E-state index contributed by atoms with van der Waals surface area (Å²) in [7, 11) is 0. The number of aromatic nitrogens is 2. The molecule has 0 radical (unpaired) electrons. The molecule has 64 valence electrons. The van der Waals surface area contributed by atoms with Gasteiger partial charge in [0.15, 0.2) is 0 Å². The van der Waals surface area contributed by atoms with Crippen molar-refractivity contribution in [2.75, 3.05) is 0 Å². The molecule has 2 aromatic rings. The molecule has 0 amide bonds. The maximum Gasteiger partial charge on any atom is 0.107 e. The second kappa shape index (κ2) is 3.54. The average molecular weight is 191 g/mol. The molecule has 0 unspecified atom stereocenters. The average Bonchev–Trinajstić information content (AvgIpc) is 2.20. The van der Waals surface area contributed by atoms with Gasteiger partial charge in [0.25, 0.3) is 0 Å². The van der Waals surface area contributed by atoms with Crippen LogP contribution in [0.25, 0.3) is 11.4 Å². The Bertz CT molecular complexity index is 401. The first-order valence-corrected chi connectivity index (χ1v) is 4.27. The van der Waals surface area contributed by atoms with Crippen LogP contribution in [0.2, 0.25) is 5.02 Å². The van der Waals surface area contributed by atoms with Crippen LogP contribution in [-0.4, -0.2) is 9.97 Å². The molecule has 0 fully saturated rings. The molecule has 0 aliphatic heterocycles. The van der Waals surface area contributed by atoms with E-state index in [1.54, 1.807) is 24.5 Å². The highest BCUT2D eigenvalue weighted by Gasteiger charge is 2.03.